The molecule has 1 spiro atoms. The van der Waals surface area contributed by atoms with Crippen molar-refractivity contribution in [1.29, 1.82) is 0 Å². The van der Waals surface area contributed by atoms with Gasteiger partial charge in [0.15, 0.2) is 0 Å². The number of hydrogen-bond acceptors (Lipinski definition) is 3. The van der Waals surface area contributed by atoms with E-state index in [0.29, 0.717) is 31.8 Å². The summed E-state index contributed by atoms with van der Waals surface area (Å²) in [7, 11) is -3.17. The number of rotatable bonds is 4. The molecule has 3 fully saturated rings. The van der Waals surface area contributed by atoms with Gasteiger partial charge in [0.25, 0.3) is 0 Å². The van der Waals surface area contributed by atoms with Crippen LogP contribution in [0.5, 0.6) is 0 Å². The zero-order valence-corrected chi connectivity index (χ0v) is 14.8. The van der Waals surface area contributed by atoms with Gasteiger partial charge in [0.1, 0.15) is 0 Å². The minimum atomic E-state index is -3.17. The van der Waals surface area contributed by atoms with Gasteiger partial charge >= 0.3 is 0 Å². The first kappa shape index (κ1) is 16.1. The zero-order chi connectivity index (χ0) is 16.9. The maximum Gasteiger partial charge on any atom is 0.231 e. The van der Waals surface area contributed by atoms with Crippen LogP contribution >= 0.6 is 0 Å². The second kappa shape index (κ2) is 5.56. The molecule has 1 amide bonds. The fourth-order valence-corrected chi connectivity index (χ4v) is 5.20. The molecule has 6 heteroatoms. The van der Waals surface area contributed by atoms with Gasteiger partial charge in [0, 0.05) is 19.6 Å². The number of benzene rings is 1. The highest BCUT2D eigenvalue weighted by atomic mass is 32.2. The number of likely N-dealkylation sites (tertiary alicyclic amines) is 1. The fourth-order valence-electron chi connectivity index (χ4n) is 4.36. The molecule has 1 aliphatic carbocycles. The molecule has 0 bridgehead atoms. The summed E-state index contributed by atoms with van der Waals surface area (Å²) in [4.78, 5) is 15.0. The average molecular weight is 348 g/mol. The SMILES string of the molecule is CS(=O)(=O)N1CCC2(CC1)C(=O)N(CC1CC1)C2c1ccccc1. The van der Waals surface area contributed by atoms with E-state index >= 15 is 0 Å². The summed E-state index contributed by atoms with van der Waals surface area (Å²) in [6, 6.07) is 10.3. The molecule has 5 nitrogen and oxygen atoms in total. The van der Waals surface area contributed by atoms with E-state index in [0.717, 1.165) is 6.54 Å². The summed E-state index contributed by atoms with van der Waals surface area (Å²) in [6.07, 6.45) is 4.95. The van der Waals surface area contributed by atoms with Crippen LogP contribution < -0.4 is 0 Å². The summed E-state index contributed by atoms with van der Waals surface area (Å²) in [5, 5.41) is 0. The first-order chi connectivity index (χ1) is 11.4. The fraction of sp³-hybridized carbons (Fsp3) is 0.611. The van der Waals surface area contributed by atoms with Crippen LogP contribution in [0.1, 0.15) is 37.3 Å². The van der Waals surface area contributed by atoms with E-state index in [1.165, 1.54) is 29.0 Å². The van der Waals surface area contributed by atoms with Crippen molar-refractivity contribution in [3.63, 3.8) is 0 Å². The second-order valence-corrected chi connectivity index (χ2v) is 9.51. The number of carbonyl (C=O) groups is 1. The number of carbonyl (C=O) groups excluding carboxylic acids is 1. The first-order valence-corrected chi connectivity index (χ1v) is 10.6. The largest absolute Gasteiger partial charge is 0.334 e. The molecule has 2 aliphatic heterocycles. The van der Waals surface area contributed by atoms with Crippen LogP contribution in [0, 0.1) is 11.3 Å². The molecule has 0 aromatic heterocycles. The van der Waals surface area contributed by atoms with Crippen LogP contribution in [0.25, 0.3) is 0 Å². The molecule has 3 aliphatic rings. The number of amides is 1. The molecule has 1 unspecified atom stereocenters. The predicted octanol–water partition coefficient (Wildman–Crippen LogP) is 2.02. The smallest absolute Gasteiger partial charge is 0.231 e. The van der Waals surface area contributed by atoms with Crippen LogP contribution in [0.4, 0.5) is 0 Å². The van der Waals surface area contributed by atoms with Gasteiger partial charge in [-0.1, -0.05) is 30.3 Å². The van der Waals surface area contributed by atoms with Crippen LogP contribution in [0.3, 0.4) is 0 Å². The molecule has 2 heterocycles. The Morgan fingerprint density at radius 2 is 1.75 bits per heavy atom. The number of sulfonamides is 1. The van der Waals surface area contributed by atoms with Crippen molar-refractivity contribution < 1.29 is 13.2 Å². The van der Waals surface area contributed by atoms with E-state index in [1.807, 2.05) is 23.1 Å². The van der Waals surface area contributed by atoms with Crippen molar-refractivity contribution >= 4 is 15.9 Å². The Hall–Kier alpha value is -1.40. The summed E-state index contributed by atoms with van der Waals surface area (Å²) in [6.45, 7) is 1.76. The third kappa shape index (κ3) is 2.56. The van der Waals surface area contributed by atoms with Gasteiger partial charge in [0.05, 0.1) is 17.7 Å². The summed E-state index contributed by atoms with van der Waals surface area (Å²) in [5.41, 5.74) is 0.780. The molecule has 0 N–H and O–H groups in total. The number of piperidine rings is 1. The number of β-lactam (4-membered cyclic amide) rings is 1. The quantitative estimate of drug-likeness (QED) is 0.782. The highest BCUT2D eigenvalue weighted by Gasteiger charge is 2.62. The minimum Gasteiger partial charge on any atom is -0.334 e. The van der Waals surface area contributed by atoms with Gasteiger partial charge < -0.3 is 4.90 Å². The Kier molecular flexibility index (Phi) is 3.73. The molecule has 1 saturated carbocycles. The molecular formula is C18H24N2O3S. The zero-order valence-electron chi connectivity index (χ0n) is 14.0. The Morgan fingerprint density at radius 1 is 1.12 bits per heavy atom. The first-order valence-electron chi connectivity index (χ1n) is 8.73. The second-order valence-electron chi connectivity index (χ2n) is 7.53. The Labute approximate surface area is 143 Å². The molecule has 1 atom stereocenters. The lowest BCUT2D eigenvalue weighted by atomic mass is 9.62. The Balaban J connectivity index is 1.60. The molecular weight excluding hydrogens is 324 g/mol. The normalized spacial score (nSPS) is 27.3. The van der Waals surface area contributed by atoms with E-state index in [9.17, 15) is 13.2 Å². The van der Waals surface area contributed by atoms with Gasteiger partial charge in [-0.05, 0) is 37.2 Å². The predicted molar refractivity (Wildman–Crippen MR) is 91.7 cm³/mol. The molecule has 24 heavy (non-hydrogen) atoms. The van der Waals surface area contributed by atoms with Crippen molar-refractivity contribution in [3.05, 3.63) is 35.9 Å². The van der Waals surface area contributed by atoms with Crippen LogP contribution in [0.2, 0.25) is 0 Å². The molecule has 130 valence electrons. The summed E-state index contributed by atoms with van der Waals surface area (Å²) < 4.78 is 25.1. The van der Waals surface area contributed by atoms with Gasteiger partial charge in [-0.2, -0.15) is 0 Å². The van der Waals surface area contributed by atoms with Crippen molar-refractivity contribution in [2.45, 2.75) is 31.7 Å². The van der Waals surface area contributed by atoms with Gasteiger partial charge in [-0.3, -0.25) is 4.79 Å². The lowest BCUT2D eigenvalue weighted by Gasteiger charge is -2.59. The summed E-state index contributed by atoms with van der Waals surface area (Å²) in [5.74, 6) is 0.894. The maximum atomic E-state index is 13.0. The molecule has 0 radical (unpaired) electrons. The van der Waals surface area contributed by atoms with E-state index in [2.05, 4.69) is 12.1 Å². The third-order valence-corrected chi connectivity index (χ3v) is 7.18. The molecule has 4 rings (SSSR count). The number of hydrogen-bond donors (Lipinski definition) is 0. The molecule has 2 saturated heterocycles. The molecule has 1 aromatic rings. The topological polar surface area (TPSA) is 57.7 Å². The summed E-state index contributed by atoms with van der Waals surface area (Å²) >= 11 is 0. The van der Waals surface area contributed by atoms with Crippen molar-refractivity contribution in [2.24, 2.45) is 11.3 Å². The van der Waals surface area contributed by atoms with Gasteiger partial charge in [-0.15, -0.1) is 0 Å². The Bertz CT molecular complexity index is 735. The van der Waals surface area contributed by atoms with Crippen LogP contribution in [0.15, 0.2) is 30.3 Å². The monoisotopic (exact) mass is 348 g/mol. The lowest BCUT2D eigenvalue weighted by molar-refractivity contribution is -0.179. The number of nitrogens with zero attached hydrogens (tertiary/aromatic N) is 2. The minimum absolute atomic E-state index is 0.105. The van der Waals surface area contributed by atoms with E-state index in [1.54, 1.807) is 0 Å². The van der Waals surface area contributed by atoms with E-state index in [4.69, 9.17) is 0 Å². The Morgan fingerprint density at radius 3 is 2.29 bits per heavy atom. The van der Waals surface area contributed by atoms with E-state index in [-0.39, 0.29) is 11.9 Å². The van der Waals surface area contributed by atoms with Gasteiger partial charge in [-0.25, -0.2) is 12.7 Å². The lowest BCUT2D eigenvalue weighted by Crippen LogP contribution is -2.66. The standard InChI is InChI=1S/C18H24N2O3S/c1-24(22,23)19-11-9-18(10-12-19)16(15-5-3-2-4-6-15)20(17(18)21)13-14-7-8-14/h2-6,14,16H,7-13H2,1H3. The average Bonchev–Trinajstić information content (AvgIpc) is 3.38. The van der Waals surface area contributed by atoms with Crippen LogP contribution in [-0.2, 0) is 14.8 Å². The van der Waals surface area contributed by atoms with Crippen LogP contribution in [-0.4, -0.2) is 49.4 Å². The van der Waals surface area contributed by atoms with E-state index < -0.39 is 15.4 Å². The maximum absolute atomic E-state index is 13.0. The highest BCUT2D eigenvalue weighted by Crippen LogP contribution is 2.57. The van der Waals surface area contributed by atoms with Crippen molar-refractivity contribution in [3.8, 4) is 0 Å². The highest BCUT2D eigenvalue weighted by molar-refractivity contribution is 7.88. The molecule has 1 aromatic carbocycles. The van der Waals surface area contributed by atoms with Crippen molar-refractivity contribution in [2.75, 3.05) is 25.9 Å². The van der Waals surface area contributed by atoms with Crippen molar-refractivity contribution in [1.82, 2.24) is 9.21 Å². The van der Waals surface area contributed by atoms with Gasteiger partial charge in [0.2, 0.25) is 15.9 Å². The third-order valence-electron chi connectivity index (χ3n) is 5.87.